The molecular weight excluding hydrogens is 366 g/mol. The summed E-state index contributed by atoms with van der Waals surface area (Å²) in [5.41, 5.74) is 8.49. The second-order valence-corrected chi connectivity index (χ2v) is 6.44. The Morgan fingerprint density at radius 1 is 1.11 bits per heavy atom. The SMILES string of the molecule is Cl.NC(CNC(=O)c1ccc(CC2CC(=O)NC2=O)cc1)c1ccccc1. The highest BCUT2D eigenvalue weighted by Gasteiger charge is 2.30. The molecule has 0 aromatic heterocycles. The number of hydrogen-bond acceptors (Lipinski definition) is 4. The van der Waals surface area contributed by atoms with E-state index >= 15 is 0 Å². The maximum atomic E-state index is 12.3. The molecule has 6 nitrogen and oxygen atoms in total. The maximum absolute atomic E-state index is 12.3. The molecule has 2 atom stereocenters. The summed E-state index contributed by atoms with van der Waals surface area (Å²) in [5, 5.41) is 5.13. The lowest BCUT2D eigenvalue weighted by Crippen LogP contribution is -2.31. The van der Waals surface area contributed by atoms with Crippen molar-refractivity contribution in [3.63, 3.8) is 0 Å². The van der Waals surface area contributed by atoms with Crippen LogP contribution in [0.5, 0.6) is 0 Å². The minimum absolute atomic E-state index is 0. The molecule has 0 spiro atoms. The first-order valence-corrected chi connectivity index (χ1v) is 8.54. The molecule has 4 N–H and O–H groups in total. The van der Waals surface area contributed by atoms with Gasteiger partial charge in [0.25, 0.3) is 5.91 Å². The van der Waals surface area contributed by atoms with Gasteiger partial charge in [-0.15, -0.1) is 12.4 Å². The molecule has 0 bridgehead atoms. The van der Waals surface area contributed by atoms with E-state index in [4.69, 9.17) is 5.73 Å². The summed E-state index contributed by atoms with van der Waals surface area (Å²) < 4.78 is 0. The Kier molecular flexibility index (Phi) is 7.10. The molecule has 1 aliphatic rings. The van der Waals surface area contributed by atoms with Crippen LogP contribution in [-0.2, 0) is 16.0 Å². The Bertz CT molecular complexity index is 809. The van der Waals surface area contributed by atoms with Crippen LogP contribution in [0.2, 0.25) is 0 Å². The highest BCUT2D eigenvalue weighted by atomic mass is 35.5. The minimum atomic E-state index is -0.328. The van der Waals surface area contributed by atoms with E-state index in [1.54, 1.807) is 12.1 Å². The van der Waals surface area contributed by atoms with Gasteiger partial charge in [-0.05, 0) is 29.7 Å². The average molecular weight is 388 g/mol. The van der Waals surface area contributed by atoms with E-state index in [1.807, 2.05) is 42.5 Å². The number of nitrogens with two attached hydrogens (primary N) is 1. The number of halogens is 1. The van der Waals surface area contributed by atoms with E-state index in [9.17, 15) is 14.4 Å². The maximum Gasteiger partial charge on any atom is 0.251 e. The number of imide groups is 1. The van der Waals surface area contributed by atoms with E-state index in [1.165, 1.54) is 0 Å². The molecule has 3 rings (SSSR count). The van der Waals surface area contributed by atoms with Gasteiger partial charge in [0.1, 0.15) is 0 Å². The molecule has 2 unspecified atom stereocenters. The van der Waals surface area contributed by atoms with E-state index in [0.717, 1.165) is 11.1 Å². The van der Waals surface area contributed by atoms with Crippen LogP contribution in [0.4, 0.5) is 0 Å². The molecule has 0 aliphatic carbocycles. The summed E-state index contributed by atoms with van der Waals surface area (Å²) >= 11 is 0. The Balaban J connectivity index is 0.00000261. The fraction of sp³-hybridized carbons (Fsp3) is 0.250. The standard InChI is InChI=1S/C20H21N3O3.ClH/c21-17(14-4-2-1-3-5-14)12-22-19(25)15-8-6-13(7-9-15)10-16-11-18(24)23-20(16)26;/h1-9,16-17H,10-12,21H2,(H,22,25)(H,23,24,26);1H. The van der Waals surface area contributed by atoms with Crippen molar-refractivity contribution in [3.05, 3.63) is 71.3 Å². The van der Waals surface area contributed by atoms with Gasteiger partial charge in [0.2, 0.25) is 11.8 Å². The minimum Gasteiger partial charge on any atom is -0.350 e. The lowest BCUT2D eigenvalue weighted by atomic mass is 9.97. The normalized spacial score (nSPS) is 17.0. The predicted molar refractivity (Wildman–Crippen MR) is 104 cm³/mol. The highest BCUT2D eigenvalue weighted by molar-refractivity contribution is 6.03. The quantitative estimate of drug-likeness (QED) is 0.657. The van der Waals surface area contributed by atoms with Crippen LogP contribution in [0.25, 0.3) is 0 Å². The molecule has 1 heterocycles. The third-order valence-corrected chi connectivity index (χ3v) is 4.47. The average Bonchev–Trinajstić information content (AvgIpc) is 2.97. The summed E-state index contributed by atoms with van der Waals surface area (Å²) in [6, 6.07) is 16.4. The van der Waals surface area contributed by atoms with Crippen molar-refractivity contribution in [1.82, 2.24) is 10.6 Å². The van der Waals surface area contributed by atoms with Gasteiger partial charge < -0.3 is 11.1 Å². The molecule has 0 saturated carbocycles. The molecule has 27 heavy (non-hydrogen) atoms. The molecule has 7 heteroatoms. The van der Waals surface area contributed by atoms with Crippen molar-refractivity contribution in [2.24, 2.45) is 11.7 Å². The molecule has 0 radical (unpaired) electrons. The fourth-order valence-electron chi connectivity index (χ4n) is 2.97. The van der Waals surface area contributed by atoms with Crippen LogP contribution >= 0.6 is 12.4 Å². The zero-order valence-corrected chi connectivity index (χ0v) is 15.5. The number of nitrogens with one attached hydrogen (secondary N) is 2. The van der Waals surface area contributed by atoms with Gasteiger partial charge in [-0.1, -0.05) is 42.5 Å². The third kappa shape index (κ3) is 5.39. The first-order chi connectivity index (χ1) is 12.5. The van der Waals surface area contributed by atoms with Crippen molar-refractivity contribution in [2.75, 3.05) is 6.54 Å². The molecule has 3 amide bonds. The Morgan fingerprint density at radius 2 is 1.78 bits per heavy atom. The topological polar surface area (TPSA) is 101 Å². The number of carbonyl (C=O) groups is 3. The van der Waals surface area contributed by atoms with E-state index in [0.29, 0.717) is 18.5 Å². The number of benzene rings is 2. The first-order valence-electron chi connectivity index (χ1n) is 8.54. The molecule has 1 saturated heterocycles. The largest absolute Gasteiger partial charge is 0.350 e. The van der Waals surface area contributed by atoms with Crippen molar-refractivity contribution >= 4 is 30.1 Å². The van der Waals surface area contributed by atoms with Gasteiger partial charge in [-0.25, -0.2) is 0 Å². The third-order valence-electron chi connectivity index (χ3n) is 4.47. The van der Waals surface area contributed by atoms with Gasteiger partial charge in [0, 0.05) is 24.6 Å². The van der Waals surface area contributed by atoms with Gasteiger partial charge in [-0.3, -0.25) is 19.7 Å². The highest BCUT2D eigenvalue weighted by Crippen LogP contribution is 2.18. The number of carbonyl (C=O) groups excluding carboxylic acids is 3. The van der Waals surface area contributed by atoms with Gasteiger partial charge in [0.15, 0.2) is 0 Å². The lowest BCUT2D eigenvalue weighted by molar-refractivity contribution is -0.125. The first kappa shape index (κ1) is 20.6. The Morgan fingerprint density at radius 3 is 2.37 bits per heavy atom. The van der Waals surface area contributed by atoms with Crippen LogP contribution in [0, 0.1) is 5.92 Å². The van der Waals surface area contributed by atoms with Gasteiger partial charge >= 0.3 is 0 Å². The van der Waals surface area contributed by atoms with E-state index < -0.39 is 0 Å². The molecule has 1 fully saturated rings. The van der Waals surface area contributed by atoms with Gasteiger partial charge in [0.05, 0.1) is 5.92 Å². The summed E-state index contributed by atoms with van der Waals surface area (Å²) in [7, 11) is 0. The van der Waals surface area contributed by atoms with Crippen LogP contribution < -0.4 is 16.4 Å². The Labute approximate surface area is 163 Å². The number of rotatable bonds is 6. The fourth-order valence-corrected chi connectivity index (χ4v) is 2.97. The second-order valence-electron chi connectivity index (χ2n) is 6.44. The van der Waals surface area contributed by atoms with Crippen LogP contribution in [0.15, 0.2) is 54.6 Å². The van der Waals surface area contributed by atoms with Gasteiger partial charge in [-0.2, -0.15) is 0 Å². The van der Waals surface area contributed by atoms with Crippen LogP contribution in [0.3, 0.4) is 0 Å². The lowest BCUT2D eigenvalue weighted by Gasteiger charge is -2.13. The van der Waals surface area contributed by atoms with E-state index in [-0.39, 0.29) is 48.5 Å². The van der Waals surface area contributed by atoms with Crippen molar-refractivity contribution in [2.45, 2.75) is 18.9 Å². The summed E-state index contributed by atoms with van der Waals surface area (Å²) in [6.45, 7) is 0.342. The number of amides is 3. The zero-order valence-electron chi connectivity index (χ0n) is 14.7. The van der Waals surface area contributed by atoms with Crippen molar-refractivity contribution in [1.29, 1.82) is 0 Å². The molecule has 2 aromatic rings. The summed E-state index contributed by atoms with van der Waals surface area (Å²) in [4.78, 5) is 35.1. The van der Waals surface area contributed by atoms with Crippen molar-refractivity contribution in [3.8, 4) is 0 Å². The summed E-state index contributed by atoms with van der Waals surface area (Å²) in [5.74, 6) is -0.986. The van der Waals surface area contributed by atoms with Crippen molar-refractivity contribution < 1.29 is 14.4 Å². The van der Waals surface area contributed by atoms with E-state index in [2.05, 4.69) is 10.6 Å². The predicted octanol–water partition coefficient (Wildman–Crippen LogP) is 1.74. The molecular formula is C20H22ClN3O3. The van der Waals surface area contributed by atoms with Crippen LogP contribution in [0.1, 0.15) is 33.9 Å². The molecule has 1 aliphatic heterocycles. The monoisotopic (exact) mass is 387 g/mol. The zero-order chi connectivity index (χ0) is 18.5. The summed E-state index contributed by atoms with van der Waals surface area (Å²) in [6.07, 6.45) is 0.705. The smallest absolute Gasteiger partial charge is 0.251 e. The number of hydrogen-bond donors (Lipinski definition) is 3. The van der Waals surface area contributed by atoms with Crippen LogP contribution in [-0.4, -0.2) is 24.3 Å². The second kappa shape index (κ2) is 9.30. The molecule has 2 aromatic carbocycles. The Hall–Kier alpha value is -2.70. The molecule has 142 valence electrons.